The standard InChI is InChI=1S/C22H16F6N6O2/c1-12-7-14(21(23,24)25)3-4-16(12)13(2)33-10-15(11-34(33)22(26,27)28)31-20(35)19-8-17(32-36-19)18-9-29-5-6-30-18/h3-11,13H,1-2H3/p+1. The highest BCUT2D eigenvalue weighted by atomic mass is 19.4. The van der Waals surface area contributed by atoms with E-state index in [0.717, 1.165) is 29.1 Å². The lowest BCUT2D eigenvalue weighted by Crippen LogP contribution is -2.50. The van der Waals surface area contributed by atoms with Crippen LogP contribution in [0.1, 0.15) is 40.2 Å². The molecule has 0 aliphatic rings. The molecule has 1 aromatic carbocycles. The van der Waals surface area contributed by atoms with Gasteiger partial charge in [0, 0.05) is 30.9 Å². The summed E-state index contributed by atoms with van der Waals surface area (Å²) in [5.41, 5.74) is -0.231. The van der Waals surface area contributed by atoms with Crippen LogP contribution in [0.15, 0.2) is 59.8 Å². The van der Waals surface area contributed by atoms with Crippen LogP contribution in [0.25, 0.3) is 11.4 Å². The third-order valence-electron chi connectivity index (χ3n) is 5.30. The number of halogens is 6. The number of hydrogen-bond donors (Lipinski definition) is 1. The molecule has 1 unspecified atom stereocenters. The number of anilines is 1. The number of aromatic nitrogens is 5. The first-order valence-corrected chi connectivity index (χ1v) is 10.3. The molecule has 0 saturated heterocycles. The molecule has 0 bridgehead atoms. The van der Waals surface area contributed by atoms with E-state index in [2.05, 4.69) is 20.4 Å². The quantitative estimate of drug-likeness (QED) is 0.305. The Bertz CT molecular complexity index is 1390. The van der Waals surface area contributed by atoms with E-state index in [0.29, 0.717) is 11.9 Å². The second kappa shape index (κ2) is 9.09. The highest BCUT2D eigenvalue weighted by molar-refractivity contribution is 6.02. The number of alkyl halides is 6. The van der Waals surface area contributed by atoms with E-state index in [-0.39, 0.29) is 33.0 Å². The molecule has 3 aromatic heterocycles. The number of carbonyl (C=O) groups is 1. The summed E-state index contributed by atoms with van der Waals surface area (Å²) in [6.45, 7) is 2.77. The zero-order valence-corrected chi connectivity index (χ0v) is 18.6. The Balaban J connectivity index is 1.62. The number of hydrogen-bond acceptors (Lipinski definition) is 5. The molecule has 4 rings (SSSR count). The third-order valence-corrected chi connectivity index (χ3v) is 5.30. The van der Waals surface area contributed by atoms with Gasteiger partial charge in [-0.05, 0) is 24.6 Å². The number of benzene rings is 1. The van der Waals surface area contributed by atoms with Crippen molar-refractivity contribution in [1.82, 2.24) is 19.8 Å². The summed E-state index contributed by atoms with van der Waals surface area (Å²) in [6, 6.07) is 3.02. The largest absolute Gasteiger partial charge is 0.536 e. The molecular formula is C22H17F6N6O2+. The van der Waals surface area contributed by atoms with Gasteiger partial charge in [-0.25, -0.2) is 0 Å². The van der Waals surface area contributed by atoms with Crippen LogP contribution in [-0.4, -0.2) is 25.7 Å². The predicted molar refractivity (Wildman–Crippen MR) is 111 cm³/mol. The van der Waals surface area contributed by atoms with Crippen LogP contribution in [0.5, 0.6) is 0 Å². The van der Waals surface area contributed by atoms with Gasteiger partial charge in [0.15, 0.2) is 0 Å². The molecule has 0 aliphatic heterocycles. The first-order valence-electron chi connectivity index (χ1n) is 10.3. The highest BCUT2D eigenvalue weighted by Gasteiger charge is 2.41. The Labute approximate surface area is 199 Å². The van der Waals surface area contributed by atoms with Gasteiger partial charge in [0.25, 0.3) is 5.91 Å². The van der Waals surface area contributed by atoms with Gasteiger partial charge in [0.2, 0.25) is 18.0 Å². The maximum Gasteiger partial charge on any atom is 0.536 e. The molecule has 8 nitrogen and oxygen atoms in total. The molecule has 0 saturated carbocycles. The molecular weight excluding hydrogens is 494 g/mol. The topological polar surface area (TPSA) is 89.7 Å². The van der Waals surface area contributed by atoms with Crippen LogP contribution in [0.2, 0.25) is 0 Å². The molecule has 0 spiro atoms. The van der Waals surface area contributed by atoms with E-state index < -0.39 is 30.0 Å². The number of aryl methyl sites for hydroxylation is 1. The van der Waals surface area contributed by atoms with Crippen LogP contribution < -0.4 is 10.00 Å². The number of nitrogens with zero attached hydrogens (tertiary/aromatic N) is 5. The number of rotatable bonds is 5. The second-order valence-corrected chi connectivity index (χ2v) is 7.77. The summed E-state index contributed by atoms with van der Waals surface area (Å²) in [5.74, 6) is -1.16. The van der Waals surface area contributed by atoms with Gasteiger partial charge in [-0.3, -0.25) is 14.8 Å². The van der Waals surface area contributed by atoms with E-state index >= 15 is 0 Å². The van der Waals surface area contributed by atoms with Gasteiger partial charge in [-0.15, -0.1) is 13.2 Å². The van der Waals surface area contributed by atoms with E-state index in [1.807, 2.05) is 0 Å². The molecule has 36 heavy (non-hydrogen) atoms. The predicted octanol–water partition coefficient (Wildman–Crippen LogP) is 4.89. The highest BCUT2D eigenvalue weighted by Crippen LogP contribution is 2.32. The molecule has 0 radical (unpaired) electrons. The molecule has 14 heteroatoms. The summed E-state index contributed by atoms with van der Waals surface area (Å²) in [5, 5.41) is 6.01. The normalized spacial score (nSPS) is 13.0. The van der Waals surface area contributed by atoms with Crippen LogP contribution in [0.3, 0.4) is 0 Å². The van der Waals surface area contributed by atoms with Gasteiger partial charge in [-0.2, -0.15) is 13.2 Å². The molecule has 1 amide bonds. The Morgan fingerprint density at radius 2 is 1.86 bits per heavy atom. The van der Waals surface area contributed by atoms with E-state index in [4.69, 9.17) is 4.52 Å². The summed E-state index contributed by atoms with van der Waals surface area (Å²) < 4.78 is 85.9. The van der Waals surface area contributed by atoms with Crippen molar-refractivity contribution in [2.75, 3.05) is 5.32 Å². The van der Waals surface area contributed by atoms with Crippen molar-refractivity contribution in [3.8, 4) is 11.4 Å². The molecule has 0 aliphatic carbocycles. The van der Waals surface area contributed by atoms with Crippen molar-refractivity contribution in [2.45, 2.75) is 32.4 Å². The number of amides is 1. The summed E-state index contributed by atoms with van der Waals surface area (Å²) in [6.07, 6.45) is -3.58. The Morgan fingerprint density at radius 3 is 2.47 bits per heavy atom. The molecule has 188 valence electrons. The van der Waals surface area contributed by atoms with Crippen LogP contribution in [0, 0.1) is 6.92 Å². The first-order chi connectivity index (χ1) is 16.8. The fraction of sp³-hybridized carbons (Fsp3) is 0.227. The minimum absolute atomic E-state index is 0.0736. The van der Waals surface area contributed by atoms with Gasteiger partial charge in [-0.1, -0.05) is 20.6 Å². The van der Waals surface area contributed by atoms with Crippen molar-refractivity contribution >= 4 is 11.6 Å². The minimum atomic E-state index is -4.89. The number of nitrogens with one attached hydrogen (secondary N) is 1. The SMILES string of the molecule is Cc1cc(C(F)(F)F)ccc1C(C)[n+]1cc(NC(=O)c2cc(-c3cnccn3)no2)cn1C(F)(F)F. The summed E-state index contributed by atoms with van der Waals surface area (Å²) >= 11 is 0. The average molecular weight is 511 g/mol. The van der Waals surface area contributed by atoms with Gasteiger partial charge < -0.3 is 9.84 Å². The fourth-order valence-electron chi connectivity index (χ4n) is 3.59. The van der Waals surface area contributed by atoms with Crippen LogP contribution in [-0.2, 0) is 12.5 Å². The molecule has 4 aromatic rings. The van der Waals surface area contributed by atoms with Crippen molar-refractivity contribution in [3.63, 3.8) is 0 Å². The lowest BCUT2D eigenvalue weighted by atomic mass is 10.00. The zero-order chi connectivity index (χ0) is 26.3. The average Bonchev–Trinajstić information content (AvgIpc) is 3.46. The Morgan fingerprint density at radius 1 is 1.11 bits per heavy atom. The first kappa shape index (κ1) is 24.9. The van der Waals surface area contributed by atoms with Crippen molar-refractivity contribution in [3.05, 3.63) is 77.7 Å². The van der Waals surface area contributed by atoms with E-state index in [1.165, 1.54) is 38.5 Å². The summed E-state index contributed by atoms with van der Waals surface area (Å²) in [4.78, 5) is 20.4. The van der Waals surface area contributed by atoms with E-state index in [9.17, 15) is 31.1 Å². The zero-order valence-electron chi connectivity index (χ0n) is 18.6. The monoisotopic (exact) mass is 511 g/mol. The third kappa shape index (κ3) is 5.06. The van der Waals surface area contributed by atoms with Crippen molar-refractivity contribution in [1.29, 1.82) is 0 Å². The van der Waals surface area contributed by atoms with Crippen molar-refractivity contribution in [2.24, 2.45) is 0 Å². The maximum atomic E-state index is 13.7. The lowest BCUT2D eigenvalue weighted by molar-refractivity contribution is -0.805. The maximum absolute atomic E-state index is 13.7. The Hall–Kier alpha value is -4.23. The van der Waals surface area contributed by atoms with Crippen LogP contribution >= 0.6 is 0 Å². The molecule has 0 fully saturated rings. The lowest BCUT2D eigenvalue weighted by Gasteiger charge is -2.15. The van der Waals surface area contributed by atoms with E-state index in [1.54, 1.807) is 0 Å². The smallest absolute Gasteiger partial charge is 0.350 e. The number of carbonyl (C=O) groups excluding carboxylic acids is 1. The minimum Gasteiger partial charge on any atom is -0.350 e. The van der Waals surface area contributed by atoms with Gasteiger partial charge in [0.1, 0.15) is 23.3 Å². The fourth-order valence-corrected chi connectivity index (χ4v) is 3.59. The van der Waals surface area contributed by atoms with Crippen molar-refractivity contribution < 1.29 is 40.3 Å². The molecule has 3 heterocycles. The molecule has 1 N–H and O–H groups in total. The van der Waals surface area contributed by atoms with Gasteiger partial charge >= 0.3 is 12.5 Å². The van der Waals surface area contributed by atoms with Crippen LogP contribution in [0.4, 0.5) is 32.0 Å². The van der Waals surface area contributed by atoms with Gasteiger partial charge in [0.05, 0.1) is 11.8 Å². The summed E-state index contributed by atoms with van der Waals surface area (Å²) in [7, 11) is 0. The second-order valence-electron chi connectivity index (χ2n) is 7.77. The Kier molecular flexibility index (Phi) is 6.28. The molecule has 1 atom stereocenters.